The van der Waals surface area contributed by atoms with Gasteiger partial charge in [-0.1, -0.05) is 24.6 Å². The number of sulfone groups is 1. The molecule has 8 heteroatoms. The second-order valence-corrected chi connectivity index (χ2v) is 8.85. The summed E-state index contributed by atoms with van der Waals surface area (Å²) in [7, 11) is -3.72. The first-order valence-electron chi connectivity index (χ1n) is 8.85. The van der Waals surface area contributed by atoms with Crippen LogP contribution in [0.15, 0.2) is 23.1 Å². The Labute approximate surface area is 153 Å². The number of nitrogens with zero attached hydrogens (tertiary/aromatic N) is 1. The number of carbonyl (C=O) groups excluding carboxylic acids is 2. The highest BCUT2D eigenvalue weighted by Gasteiger charge is 2.42. The van der Waals surface area contributed by atoms with E-state index in [9.17, 15) is 18.0 Å². The van der Waals surface area contributed by atoms with Gasteiger partial charge in [0.2, 0.25) is 11.8 Å². The molecule has 2 atom stereocenters. The highest BCUT2D eigenvalue weighted by atomic mass is 32.2. The summed E-state index contributed by atoms with van der Waals surface area (Å²) in [4.78, 5) is 27.2. The van der Waals surface area contributed by atoms with Crippen LogP contribution in [0.1, 0.15) is 24.5 Å². The predicted molar refractivity (Wildman–Crippen MR) is 95.5 cm³/mol. The van der Waals surface area contributed by atoms with Crippen molar-refractivity contribution >= 4 is 21.7 Å². The van der Waals surface area contributed by atoms with Crippen molar-refractivity contribution in [2.24, 2.45) is 0 Å². The lowest BCUT2D eigenvalue weighted by Gasteiger charge is -2.30. The first kappa shape index (κ1) is 18.8. The molecular formula is C18H24N2O5S. The molecule has 3 rings (SSSR count). The number of carbonyl (C=O) groups is 2. The van der Waals surface area contributed by atoms with Gasteiger partial charge in [0.1, 0.15) is 11.3 Å². The van der Waals surface area contributed by atoms with E-state index in [0.717, 1.165) is 5.56 Å². The molecule has 1 aromatic carbocycles. The van der Waals surface area contributed by atoms with E-state index in [-0.39, 0.29) is 17.2 Å². The standard InChI is InChI=1S/C18H24N2O5S/c1-3-14(18(22)20-6-8-25-9-7-20)19-17(21)16-11-13-10-12(2)4-5-15(13)26(16,23)24/h4-5,10,14,16H,3,6-9,11H2,1-2H3,(H,19,21). The monoisotopic (exact) mass is 380 g/mol. The van der Waals surface area contributed by atoms with Crippen LogP contribution in [-0.4, -0.2) is 62.7 Å². The Morgan fingerprint density at radius 2 is 2.00 bits per heavy atom. The number of fused-ring (bicyclic) bond motifs is 1. The van der Waals surface area contributed by atoms with E-state index in [2.05, 4.69) is 5.32 Å². The summed E-state index contributed by atoms with van der Waals surface area (Å²) >= 11 is 0. The van der Waals surface area contributed by atoms with Crippen molar-refractivity contribution in [1.29, 1.82) is 0 Å². The number of benzene rings is 1. The minimum absolute atomic E-state index is 0.146. The number of hydrogen-bond acceptors (Lipinski definition) is 5. The highest BCUT2D eigenvalue weighted by molar-refractivity contribution is 7.93. The van der Waals surface area contributed by atoms with Crippen LogP contribution in [0.5, 0.6) is 0 Å². The van der Waals surface area contributed by atoms with E-state index in [4.69, 9.17) is 4.74 Å². The fourth-order valence-electron chi connectivity index (χ4n) is 3.45. The van der Waals surface area contributed by atoms with Gasteiger partial charge < -0.3 is 15.0 Å². The number of aryl methyl sites for hydroxylation is 1. The molecule has 2 amide bonds. The first-order valence-corrected chi connectivity index (χ1v) is 10.4. The molecule has 0 aliphatic carbocycles. The maximum atomic E-state index is 12.7. The zero-order chi connectivity index (χ0) is 18.9. The van der Waals surface area contributed by atoms with Crippen molar-refractivity contribution in [3.05, 3.63) is 29.3 Å². The summed E-state index contributed by atoms with van der Waals surface area (Å²) in [5.41, 5.74) is 1.62. The molecule has 1 N–H and O–H groups in total. The molecule has 2 aliphatic rings. The number of morpholine rings is 1. The molecule has 26 heavy (non-hydrogen) atoms. The molecule has 7 nitrogen and oxygen atoms in total. The van der Waals surface area contributed by atoms with Gasteiger partial charge in [0.15, 0.2) is 9.84 Å². The Kier molecular flexibility index (Phi) is 5.34. The van der Waals surface area contributed by atoms with Crippen molar-refractivity contribution < 1.29 is 22.7 Å². The van der Waals surface area contributed by atoms with E-state index in [0.29, 0.717) is 38.3 Å². The van der Waals surface area contributed by atoms with Gasteiger partial charge >= 0.3 is 0 Å². The molecule has 1 saturated heterocycles. The van der Waals surface area contributed by atoms with Crippen LogP contribution in [-0.2, 0) is 30.6 Å². The van der Waals surface area contributed by atoms with Gasteiger partial charge in [0, 0.05) is 13.1 Å². The average molecular weight is 380 g/mol. The minimum Gasteiger partial charge on any atom is -0.378 e. The third-order valence-corrected chi connectivity index (χ3v) is 7.08. The van der Waals surface area contributed by atoms with Gasteiger partial charge in [-0.2, -0.15) is 0 Å². The number of hydrogen-bond donors (Lipinski definition) is 1. The van der Waals surface area contributed by atoms with Gasteiger partial charge in [-0.25, -0.2) is 8.42 Å². The number of ether oxygens (including phenoxy) is 1. The second kappa shape index (κ2) is 7.36. The van der Waals surface area contributed by atoms with E-state index in [1.54, 1.807) is 30.0 Å². The smallest absolute Gasteiger partial charge is 0.245 e. The molecule has 2 aliphatic heterocycles. The molecule has 0 bridgehead atoms. The van der Waals surface area contributed by atoms with Crippen LogP contribution in [0.2, 0.25) is 0 Å². The van der Waals surface area contributed by atoms with Crippen molar-refractivity contribution in [3.8, 4) is 0 Å². The number of rotatable bonds is 4. The maximum absolute atomic E-state index is 12.7. The topological polar surface area (TPSA) is 92.8 Å². The summed E-state index contributed by atoms with van der Waals surface area (Å²) < 4.78 is 30.6. The summed E-state index contributed by atoms with van der Waals surface area (Å²) in [5.74, 6) is -0.791. The van der Waals surface area contributed by atoms with Crippen LogP contribution >= 0.6 is 0 Å². The molecule has 2 heterocycles. The van der Waals surface area contributed by atoms with Gasteiger partial charge in [-0.15, -0.1) is 0 Å². The van der Waals surface area contributed by atoms with Crippen molar-refractivity contribution in [2.45, 2.75) is 42.9 Å². The fraction of sp³-hybridized carbons (Fsp3) is 0.556. The van der Waals surface area contributed by atoms with E-state index in [1.807, 2.05) is 6.92 Å². The Hall–Kier alpha value is -1.93. The van der Waals surface area contributed by atoms with Gasteiger partial charge in [-0.05, 0) is 31.4 Å². The summed E-state index contributed by atoms with van der Waals surface area (Å²) in [6.45, 7) is 5.60. The quantitative estimate of drug-likeness (QED) is 0.819. The Balaban J connectivity index is 1.74. The second-order valence-electron chi connectivity index (χ2n) is 6.76. The normalized spacial score (nSPS) is 22.5. The van der Waals surface area contributed by atoms with Crippen LogP contribution < -0.4 is 5.32 Å². The maximum Gasteiger partial charge on any atom is 0.245 e. The van der Waals surface area contributed by atoms with Crippen LogP contribution in [0.3, 0.4) is 0 Å². The lowest BCUT2D eigenvalue weighted by molar-refractivity contribution is -0.139. The Morgan fingerprint density at radius 3 is 2.65 bits per heavy atom. The van der Waals surface area contributed by atoms with E-state index < -0.39 is 27.0 Å². The van der Waals surface area contributed by atoms with E-state index in [1.165, 1.54) is 0 Å². The molecule has 2 unspecified atom stereocenters. The molecular weight excluding hydrogens is 356 g/mol. The Bertz CT molecular complexity index is 815. The SMILES string of the molecule is CCC(NC(=O)C1Cc2cc(C)ccc2S1(=O)=O)C(=O)N1CCOCC1. The summed E-state index contributed by atoms with van der Waals surface area (Å²) in [6.07, 6.45) is 0.550. The van der Waals surface area contributed by atoms with Gasteiger partial charge in [0.05, 0.1) is 18.1 Å². The largest absolute Gasteiger partial charge is 0.378 e. The van der Waals surface area contributed by atoms with Gasteiger partial charge in [-0.3, -0.25) is 9.59 Å². The molecule has 0 spiro atoms. The molecule has 0 aromatic heterocycles. The first-order chi connectivity index (χ1) is 12.3. The lowest BCUT2D eigenvalue weighted by atomic mass is 10.1. The zero-order valence-corrected chi connectivity index (χ0v) is 15.8. The number of nitrogens with one attached hydrogen (secondary N) is 1. The molecule has 0 radical (unpaired) electrons. The third kappa shape index (κ3) is 3.48. The zero-order valence-electron chi connectivity index (χ0n) is 15.0. The molecule has 142 valence electrons. The minimum atomic E-state index is -3.72. The lowest BCUT2D eigenvalue weighted by Crippen LogP contribution is -2.53. The molecule has 0 saturated carbocycles. The Morgan fingerprint density at radius 1 is 1.31 bits per heavy atom. The number of amides is 2. The highest BCUT2D eigenvalue weighted by Crippen LogP contribution is 2.32. The van der Waals surface area contributed by atoms with Crippen molar-refractivity contribution in [3.63, 3.8) is 0 Å². The van der Waals surface area contributed by atoms with Crippen LogP contribution in [0, 0.1) is 6.92 Å². The van der Waals surface area contributed by atoms with Crippen molar-refractivity contribution in [1.82, 2.24) is 10.2 Å². The van der Waals surface area contributed by atoms with Gasteiger partial charge in [0.25, 0.3) is 0 Å². The van der Waals surface area contributed by atoms with Crippen LogP contribution in [0.25, 0.3) is 0 Å². The third-order valence-electron chi connectivity index (χ3n) is 4.94. The van der Waals surface area contributed by atoms with Crippen LogP contribution in [0.4, 0.5) is 0 Å². The summed E-state index contributed by atoms with van der Waals surface area (Å²) in [5, 5.41) is 1.49. The predicted octanol–water partition coefficient (Wildman–Crippen LogP) is 0.447. The molecule has 1 aromatic rings. The molecule has 1 fully saturated rings. The average Bonchev–Trinajstić information content (AvgIpc) is 2.89. The van der Waals surface area contributed by atoms with Crippen molar-refractivity contribution in [2.75, 3.05) is 26.3 Å². The summed E-state index contributed by atoms with van der Waals surface area (Å²) in [6, 6.07) is 4.37. The van der Waals surface area contributed by atoms with E-state index >= 15 is 0 Å². The fourth-order valence-corrected chi connectivity index (χ4v) is 5.27.